The SMILES string of the molecule is CCO.CO.Fc1ccc2c(oc3c(-c4ccccn4)[c-]ccc32)c1-c1ccccc1.Fc1ccc2c(oc3c(-c4ccccn4)cccc32)c1-c1ccccc1.O=S(=O)(OO)C(F)(F)F.[CH3-].[Ir].[Ir].[c-]1ccccc1-c1ccccn1.[c-]1ccccc1-c1ccccn1. The average molecular weight is 1630 g/mol. The predicted octanol–water partition coefficient (Wildman–Crippen LogP) is 18.2. The smallest absolute Gasteiger partial charge is 0.500 e. The quantitative estimate of drug-likeness (QED) is 0.0452. The Balaban J connectivity index is 0.000000217. The molecule has 0 saturated carbocycles. The monoisotopic (exact) mass is 1630 g/mol. The number of halogens is 5. The van der Waals surface area contributed by atoms with E-state index in [1.807, 2.05) is 212 Å². The van der Waals surface area contributed by atoms with Crippen molar-refractivity contribution < 1.29 is 99.2 Å². The van der Waals surface area contributed by atoms with E-state index in [9.17, 15) is 30.4 Å². The number of hydrogen-bond donors (Lipinski definition) is 3. The molecule has 93 heavy (non-hydrogen) atoms. The fraction of sp³-hybridized carbons (Fsp3) is 0.0548. The molecule has 8 aromatic carbocycles. The van der Waals surface area contributed by atoms with E-state index in [0.29, 0.717) is 27.9 Å². The number of furan rings is 2. The number of benzene rings is 8. The summed E-state index contributed by atoms with van der Waals surface area (Å²) in [5, 5.41) is 25.4. The second-order valence-electron chi connectivity index (χ2n) is 18.5. The molecule has 3 N–H and O–H groups in total. The molecule has 2 radical (unpaired) electrons. The topological polar surface area (TPSA) is 182 Å². The molecule has 6 aromatic heterocycles. The van der Waals surface area contributed by atoms with E-state index >= 15 is 0 Å². The molecule has 0 aliphatic rings. The minimum Gasteiger partial charge on any atom is -0.500 e. The summed E-state index contributed by atoms with van der Waals surface area (Å²) in [7, 11) is -4.78. The number of aliphatic hydroxyl groups is 2. The van der Waals surface area contributed by atoms with Crippen LogP contribution in [0.2, 0.25) is 0 Å². The minimum atomic E-state index is -5.78. The Morgan fingerprint density at radius 1 is 0.452 bits per heavy atom. The van der Waals surface area contributed by atoms with Gasteiger partial charge >= 0.3 is 15.6 Å². The third-order valence-electron chi connectivity index (χ3n) is 12.8. The van der Waals surface area contributed by atoms with Crippen molar-refractivity contribution in [1.82, 2.24) is 19.9 Å². The maximum absolute atomic E-state index is 14.7. The molecule has 0 saturated heterocycles. The largest absolute Gasteiger partial charge is 0.525 e. The zero-order chi connectivity index (χ0) is 63.9. The molecule has 480 valence electrons. The fourth-order valence-corrected chi connectivity index (χ4v) is 9.07. The van der Waals surface area contributed by atoms with Crippen LogP contribution in [0.25, 0.3) is 111 Å². The molecular formula is C73H57F5Ir2N4O8S-4. The van der Waals surface area contributed by atoms with Crippen LogP contribution in [0.4, 0.5) is 22.0 Å². The summed E-state index contributed by atoms with van der Waals surface area (Å²) in [6.07, 6.45) is 7.07. The van der Waals surface area contributed by atoms with Crippen molar-refractivity contribution in [3.63, 3.8) is 0 Å². The minimum absolute atomic E-state index is 0. The van der Waals surface area contributed by atoms with Crippen molar-refractivity contribution in [2.45, 2.75) is 12.4 Å². The first-order valence-electron chi connectivity index (χ1n) is 27.4. The van der Waals surface area contributed by atoms with Gasteiger partial charge in [0.25, 0.3) is 0 Å². The number of aliphatic hydroxyl groups excluding tert-OH is 2. The summed E-state index contributed by atoms with van der Waals surface area (Å²) in [5.41, 5.74) is 6.82. The molecule has 0 aliphatic heterocycles. The van der Waals surface area contributed by atoms with Crippen LogP contribution in [0, 0.1) is 37.3 Å². The number of aromatic nitrogens is 4. The Morgan fingerprint density at radius 2 is 0.839 bits per heavy atom. The molecule has 0 unspecified atom stereocenters. The average Bonchev–Trinajstić information content (AvgIpc) is 1.61. The van der Waals surface area contributed by atoms with Crippen LogP contribution < -0.4 is 0 Å². The van der Waals surface area contributed by atoms with Gasteiger partial charge in [-0.2, -0.15) is 21.6 Å². The van der Waals surface area contributed by atoms with Crippen LogP contribution in [-0.4, -0.2) is 63.0 Å². The predicted molar refractivity (Wildman–Crippen MR) is 347 cm³/mol. The normalized spacial score (nSPS) is 10.4. The molecular weight excluding hydrogens is 1570 g/mol. The summed E-state index contributed by atoms with van der Waals surface area (Å²) < 4.78 is 95.7. The third-order valence-corrected chi connectivity index (χ3v) is 13.6. The first-order valence-corrected chi connectivity index (χ1v) is 28.8. The molecule has 6 heterocycles. The van der Waals surface area contributed by atoms with E-state index in [4.69, 9.17) is 24.3 Å². The number of nitrogens with zero attached hydrogens (tertiary/aromatic N) is 4. The summed E-state index contributed by atoms with van der Waals surface area (Å²) in [5.74, 6) is -0.590. The first kappa shape index (κ1) is 74.4. The number of fused-ring (bicyclic) bond motifs is 6. The van der Waals surface area contributed by atoms with Crippen LogP contribution in [0.3, 0.4) is 0 Å². The van der Waals surface area contributed by atoms with E-state index < -0.39 is 15.6 Å². The molecule has 20 heteroatoms. The zero-order valence-electron chi connectivity index (χ0n) is 49.7. The van der Waals surface area contributed by atoms with Crippen molar-refractivity contribution >= 4 is 54.0 Å². The second-order valence-corrected chi connectivity index (χ2v) is 20.0. The van der Waals surface area contributed by atoms with Gasteiger partial charge in [-0.25, -0.2) is 14.0 Å². The van der Waals surface area contributed by atoms with Gasteiger partial charge in [0.05, 0.1) is 22.4 Å². The standard InChI is InChI=1S/C23H14FNO.C23H13FNO.2C11H8N.C2H6O.CHF3O4S.CH4O.CH3.2Ir/c2*24-19-13-12-17-16-9-6-10-18(20-11-4-5-14-25-20)22(16)26-23(17)21(19)15-7-2-1-3-8-15;2*1-2-6-10(7-3-1)11-8-4-5-9-12-11;1-2-3;2-1(3,4)9(6,7)8-5;1-2;;;/h1-14H;1-9,11-14H;2*1-6,8-9H;3H,2H2,1H3;5H;2H,1H3;1H3;;/q;3*-1;;;;-1;;. The molecule has 0 bridgehead atoms. The Morgan fingerprint density at radius 3 is 1.23 bits per heavy atom. The van der Waals surface area contributed by atoms with Gasteiger partial charge in [-0.1, -0.05) is 126 Å². The van der Waals surface area contributed by atoms with Gasteiger partial charge in [0.15, 0.2) is 0 Å². The van der Waals surface area contributed by atoms with Crippen LogP contribution in [-0.2, 0) is 54.7 Å². The molecule has 0 aliphatic carbocycles. The molecule has 0 amide bonds. The molecule has 0 atom stereocenters. The van der Waals surface area contributed by atoms with Gasteiger partial charge < -0.3 is 41.4 Å². The van der Waals surface area contributed by atoms with E-state index in [1.54, 1.807) is 43.8 Å². The Hall–Kier alpha value is -9.30. The molecule has 12 nitrogen and oxygen atoms in total. The van der Waals surface area contributed by atoms with Gasteiger partial charge in [0, 0.05) is 100 Å². The van der Waals surface area contributed by atoms with E-state index in [2.05, 4.69) is 42.5 Å². The number of pyridine rings is 4. The van der Waals surface area contributed by atoms with Crippen molar-refractivity contribution in [3.8, 4) is 67.3 Å². The summed E-state index contributed by atoms with van der Waals surface area (Å²) in [4.78, 5) is 17.3. The molecule has 0 spiro atoms. The van der Waals surface area contributed by atoms with E-state index in [-0.39, 0.29) is 65.9 Å². The Kier molecular flexibility index (Phi) is 29.3. The summed E-state index contributed by atoms with van der Waals surface area (Å²) >= 11 is 0. The maximum Gasteiger partial charge on any atom is 0.525 e. The van der Waals surface area contributed by atoms with Gasteiger partial charge in [0.1, 0.15) is 28.4 Å². The Labute approximate surface area is 561 Å². The fourth-order valence-electron chi connectivity index (χ4n) is 8.98. The van der Waals surface area contributed by atoms with Crippen LogP contribution in [0.5, 0.6) is 0 Å². The van der Waals surface area contributed by atoms with Crippen LogP contribution >= 0.6 is 0 Å². The van der Waals surface area contributed by atoms with Crippen molar-refractivity contribution in [1.29, 1.82) is 0 Å². The molecule has 14 aromatic rings. The first-order chi connectivity index (χ1) is 43.8. The second kappa shape index (κ2) is 36.7. The Bertz CT molecular complexity index is 4270. The van der Waals surface area contributed by atoms with Crippen molar-refractivity contribution in [3.05, 3.63) is 299 Å². The maximum atomic E-state index is 14.7. The number of hydrogen-bond acceptors (Lipinski definition) is 12. The van der Waals surface area contributed by atoms with Gasteiger partial charge in [-0.05, 0) is 95.8 Å². The zero-order valence-corrected chi connectivity index (χ0v) is 55.3. The van der Waals surface area contributed by atoms with Crippen LogP contribution in [0.15, 0.2) is 270 Å². The number of para-hydroxylation sites is 1. The molecule has 0 fully saturated rings. The van der Waals surface area contributed by atoms with E-state index in [0.717, 1.165) is 90.4 Å². The van der Waals surface area contributed by atoms with Crippen LogP contribution in [0.1, 0.15) is 6.92 Å². The van der Waals surface area contributed by atoms with Gasteiger partial charge in [0.2, 0.25) is 0 Å². The summed E-state index contributed by atoms with van der Waals surface area (Å²) in [6, 6.07) is 83.6. The van der Waals surface area contributed by atoms with Crippen molar-refractivity contribution in [2.24, 2.45) is 0 Å². The van der Waals surface area contributed by atoms with Crippen molar-refractivity contribution in [2.75, 3.05) is 13.7 Å². The van der Waals surface area contributed by atoms with Gasteiger partial charge in [-0.15, -0.1) is 94.3 Å². The summed E-state index contributed by atoms with van der Waals surface area (Å²) in [6.45, 7) is 1.93. The van der Waals surface area contributed by atoms with Gasteiger partial charge in [-0.3, -0.25) is 4.98 Å². The third kappa shape index (κ3) is 18.9. The molecule has 14 rings (SSSR count). The number of alkyl halides is 3. The number of rotatable bonds is 7. The van der Waals surface area contributed by atoms with E-state index in [1.165, 1.54) is 12.1 Å².